The largest absolute Gasteiger partial charge is 0.454 e. The molecule has 0 bridgehead atoms. The van der Waals surface area contributed by atoms with Gasteiger partial charge in [-0.05, 0) is 42.0 Å². The minimum atomic E-state index is -0.591. The Morgan fingerprint density at radius 3 is 2.64 bits per heavy atom. The summed E-state index contributed by atoms with van der Waals surface area (Å²) in [4.78, 5) is 12.2. The molecule has 4 nitrogen and oxygen atoms in total. The highest BCUT2D eigenvalue weighted by atomic mass is 19.1. The van der Waals surface area contributed by atoms with E-state index < -0.39 is 11.7 Å². The lowest BCUT2D eigenvalue weighted by atomic mass is 9.92. The van der Waals surface area contributed by atoms with Crippen molar-refractivity contribution < 1.29 is 18.7 Å². The Morgan fingerprint density at radius 2 is 1.91 bits per heavy atom. The van der Waals surface area contributed by atoms with Crippen LogP contribution in [0.4, 0.5) is 4.39 Å². The lowest BCUT2D eigenvalue weighted by Gasteiger charge is -2.09. The Labute approximate surface area is 126 Å². The summed E-state index contributed by atoms with van der Waals surface area (Å²) in [6.07, 6.45) is 0.0295. The van der Waals surface area contributed by atoms with Gasteiger partial charge in [0.1, 0.15) is 5.82 Å². The molecule has 0 saturated heterocycles. The van der Waals surface area contributed by atoms with Crippen LogP contribution in [-0.4, -0.2) is 12.6 Å². The van der Waals surface area contributed by atoms with Crippen molar-refractivity contribution in [2.45, 2.75) is 12.3 Å². The summed E-state index contributed by atoms with van der Waals surface area (Å²) < 4.78 is 23.4. The first-order valence-corrected chi connectivity index (χ1v) is 6.75. The molecular weight excluding hydrogens is 285 g/mol. The number of hydrogen-bond donors (Lipinski definition) is 0. The fourth-order valence-corrected chi connectivity index (χ4v) is 2.31. The molecule has 5 heteroatoms. The Bertz CT molecular complexity index is 749. The topological polar surface area (TPSA) is 59.3 Å². The van der Waals surface area contributed by atoms with Crippen molar-refractivity contribution in [3.63, 3.8) is 0 Å². The van der Waals surface area contributed by atoms with Gasteiger partial charge in [-0.25, -0.2) is 4.39 Å². The molecule has 2 aromatic rings. The molecular formula is C17H12FNO3. The highest BCUT2D eigenvalue weighted by Crippen LogP contribution is 2.35. The Balaban J connectivity index is 1.78. The van der Waals surface area contributed by atoms with E-state index in [-0.39, 0.29) is 19.0 Å². The summed E-state index contributed by atoms with van der Waals surface area (Å²) >= 11 is 0. The zero-order valence-corrected chi connectivity index (χ0v) is 11.6. The van der Waals surface area contributed by atoms with E-state index in [2.05, 4.69) is 6.07 Å². The van der Waals surface area contributed by atoms with Crippen molar-refractivity contribution in [2.75, 3.05) is 6.79 Å². The fourth-order valence-electron chi connectivity index (χ4n) is 2.31. The normalized spacial score (nSPS) is 13.5. The monoisotopic (exact) mass is 297 g/mol. The first-order valence-electron chi connectivity index (χ1n) is 6.75. The maximum absolute atomic E-state index is 12.9. The van der Waals surface area contributed by atoms with Crippen molar-refractivity contribution in [3.05, 3.63) is 59.4 Å². The molecule has 0 aromatic heterocycles. The number of rotatable bonds is 4. The standard InChI is InChI=1S/C17H12FNO3/c18-14-4-1-11(2-5-14)15(20)7-13(9-19)12-3-6-16-17(8-12)22-10-21-16/h1-6,8,13H,7,10H2/t13-/m1/s1. The number of nitrogens with zero attached hydrogens (tertiary/aromatic N) is 1. The first kappa shape index (κ1) is 14.1. The molecule has 0 aliphatic carbocycles. The quantitative estimate of drug-likeness (QED) is 0.811. The van der Waals surface area contributed by atoms with Gasteiger partial charge in [-0.15, -0.1) is 0 Å². The van der Waals surface area contributed by atoms with E-state index in [1.165, 1.54) is 24.3 Å². The van der Waals surface area contributed by atoms with Crippen LogP contribution in [0.2, 0.25) is 0 Å². The van der Waals surface area contributed by atoms with Gasteiger partial charge in [-0.2, -0.15) is 5.26 Å². The molecule has 0 saturated carbocycles. The van der Waals surface area contributed by atoms with Gasteiger partial charge in [0, 0.05) is 12.0 Å². The Kier molecular flexibility index (Phi) is 3.75. The second kappa shape index (κ2) is 5.86. The predicted octanol–water partition coefficient (Wildman–Crippen LogP) is 3.43. The van der Waals surface area contributed by atoms with Gasteiger partial charge in [0.05, 0.1) is 12.0 Å². The minimum absolute atomic E-state index is 0.0295. The van der Waals surface area contributed by atoms with Gasteiger partial charge in [0.25, 0.3) is 0 Å². The number of ketones is 1. The highest BCUT2D eigenvalue weighted by Gasteiger charge is 2.20. The summed E-state index contributed by atoms with van der Waals surface area (Å²) in [5.74, 6) is 0.0118. The number of nitriles is 1. The van der Waals surface area contributed by atoms with Crippen LogP contribution >= 0.6 is 0 Å². The Hall–Kier alpha value is -2.87. The minimum Gasteiger partial charge on any atom is -0.454 e. The maximum Gasteiger partial charge on any atom is 0.231 e. The van der Waals surface area contributed by atoms with Crippen LogP contribution in [0.5, 0.6) is 11.5 Å². The van der Waals surface area contributed by atoms with E-state index in [0.29, 0.717) is 22.6 Å². The third kappa shape index (κ3) is 2.77. The van der Waals surface area contributed by atoms with E-state index in [0.717, 1.165) is 0 Å². The fraction of sp³-hybridized carbons (Fsp3) is 0.176. The van der Waals surface area contributed by atoms with Crippen molar-refractivity contribution >= 4 is 5.78 Å². The molecule has 0 fully saturated rings. The number of halogens is 1. The summed E-state index contributed by atoms with van der Waals surface area (Å²) in [7, 11) is 0. The number of benzene rings is 2. The maximum atomic E-state index is 12.9. The molecule has 1 heterocycles. The van der Waals surface area contributed by atoms with E-state index in [1.54, 1.807) is 18.2 Å². The number of fused-ring (bicyclic) bond motifs is 1. The van der Waals surface area contributed by atoms with Gasteiger partial charge in [0.2, 0.25) is 6.79 Å². The summed E-state index contributed by atoms with van der Waals surface area (Å²) in [6.45, 7) is 0.157. The molecule has 0 N–H and O–H groups in total. The van der Waals surface area contributed by atoms with Crippen molar-refractivity contribution in [3.8, 4) is 17.6 Å². The SMILES string of the molecule is N#C[C@@H](CC(=O)c1ccc(F)cc1)c1ccc2c(c1)OCO2. The molecule has 0 radical (unpaired) electrons. The highest BCUT2D eigenvalue weighted by molar-refractivity contribution is 5.96. The number of hydrogen-bond acceptors (Lipinski definition) is 4. The molecule has 110 valence electrons. The lowest BCUT2D eigenvalue weighted by Crippen LogP contribution is -2.06. The lowest BCUT2D eigenvalue weighted by molar-refractivity contribution is 0.0979. The van der Waals surface area contributed by atoms with Crippen LogP contribution in [0.1, 0.15) is 28.3 Å². The van der Waals surface area contributed by atoms with Gasteiger partial charge in [0.15, 0.2) is 17.3 Å². The number of ether oxygens (including phenoxy) is 2. The number of carbonyl (C=O) groups is 1. The van der Waals surface area contributed by atoms with Gasteiger partial charge in [-0.3, -0.25) is 4.79 Å². The second-order valence-electron chi connectivity index (χ2n) is 4.93. The van der Waals surface area contributed by atoms with Crippen LogP contribution in [0.15, 0.2) is 42.5 Å². The molecule has 1 aliphatic rings. The van der Waals surface area contributed by atoms with E-state index in [1.807, 2.05) is 0 Å². The average Bonchev–Trinajstić information content (AvgIpc) is 3.00. The van der Waals surface area contributed by atoms with Gasteiger partial charge >= 0.3 is 0 Å². The van der Waals surface area contributed by atoms with Crippen LogP contribution in [0.3, 0.4) is 0 Å². The molecule has 0 amide bonds. The van der Waals surface area contributed by atoms with Gasteiger partial charge in [-0.1, -0.05) is 6.07 Å². The van der Waals surface area contributed by atoms with Crippen molar-refractivity contribution in [1.82, 2.24) is 0 Å². The molecule has 0 spiro atoms. The van der Waals surface area contributed by atoms with E-state index in [4.69, 9.17) is 9.47 Å². The zero-order chi connectivity index (χ0) is 15.5. The van der Waals surface area contributed by atoms with Gasteiger partial charge < -0.3 is 9.47 Å². The molecule has 0 unspecified atom stereocenters. The average molecular weight is 297 g/mol. The van der Waals surface area contributed by atoms with E-state index >= 15 is 0 Å². The van der Waals surface area contributed by atoms with Crippen molar-refractivity contribution in [1.29, 1.82) is 5.26 Å². The van der Waals surface area contributed by atoms with Crippen LogP contribution in [0.25, 0.3) is 0 Å². The number of carbonyl (C=O) groups excluding carboxylic acids is 1. The van der Waals surface area contributed by atoms with Crippen LogP contribution in [0, 0.1) is 17.1 Å². The summed E-state index contributed by atoms with van der Waals surface area (Å²) in [5.41, 5.74) is 1.09. The molecule has 22 heavy (non-hydrogen) atoms. The third-order valence-electron chi connectivity index (χ3n) is 3.51. The number of Topliss-reactive ketones (excluding diaryl/α,β-unsaturated/α-hetero) is 1. The summed E-state index contributed by atoms with van der Waals surface area (Å²) in [5, 5.41) is 9.33. The first-order chi connectivity index (χ1) is 10.7. The smallest absolute Gasteiger partial charge is 0.231 e. The second-order valence-corrected chi connectivity index (χ2v) is 4.93. The predicted molar refractivity (Wildman–Crippen MR) is 76.3 cm³/mol. The molecule has 1 atom stereocenters. The molecule has 3 rings (SSSR count). The van der Waals surface area contributed by atoms with Crippen molar-refractivity contribution in [2.24, 2.45) is 0 Å². The third-order valence-corrected chi connectivity index (χ3v) is 3.51. The molecule has 1 aliphatic heterocycles. The Morgan fingerprint density at radius 1 is 1.18 bits per heavy atom. The zero-order valence-electron chi connectivity index (χ0n) is 11.6. The van der Waals surface area contributed by atoms with Crippen LogP contribution in [-0.2, 0) is 0 Å². The van der Waals surface area contributed by atoms with E-state index in [9.17, 15) is 14.4 Å². The molecule has 2 aromatic carbocycles. The summed E-state index contributed by atoms with van der Waals surface area (Å²) in [6, 6.07) is 12.6. The van der Waals surface area contributed by atoms with Crippen LogP contribution < -0.4 is 9.47 Å².